The Morgan fingerprint density at radius 3 is 2.65 bits per heavy atom. The molecule has 0 N–H and O–H groups in total. The van der Waals surface area contributed by atoms with Crippen LogP contribution in [0.15, 0.2) is 81.0 Å². The molecule has 0 aromatic heterocycles. The van der Waals surface area contributed by atoms with Crippen LogP contribution < -0.4 is 9.64 Å². The van der Waals surface area contributed by atoms with Crippen molar-refractivity contribution in [2.45, 2.75) is 17.9 Å². The summed E-state index contributed by atoms with van der Waals surface area (Å²) in [5.41, 5.74) is 4.12. The summed E-state index contributed by atoms with van der Waals surface area (Å²) in [5.74, 6) is 0.517. The fourth-order valence-electron chi connectivity index (χ4n) is 4.29. The van der Waals surface area contributed by atoms with Gasteiger partial charge in [0, 0.05) is 18.0 Å². The largest absolute Gasteiger partial charge is 0.496 e. The van der Waals surface area contributed by atoms with E-state index in [1.165, 1.54) is 22.9 Å². The van der Waals surface area contributed by atoms with E-state index in [1.54, 1.807) is 12.0 Å². The van der Waals surface area contributed by atoms with Crippen molar-refractivity contribution in [3.8, 4) is 5.75 Å². The average Bonchev–Trinajstić information content (AvgIpc) is 2.86. The van der Waals surface area contributed by atoms with Crippen molar-refractivity contribution >= 4 is 51.3 Å². The van der Waals surface area contributed by atoms with E-state index in [2.05, 4.69) is 28.1 Å². The van der Waals surface area contributed by atoms with Gasteiger partial charge in [0.1, 0.15) is 12.3 Å². The molecule has 172 valence electrons. The molecule has 0 unspecified atom stereocenters. The van der Waals surface area contributed by atoms with Crippen LogP contribution in [0.1, 0.15) is 16.7 Å². The Balaban J connectivity index is 1.41. The quantitative estimate of drug-likeness (QED) is 0.413. The normalized spacial score (nSPS) is 16.3. The molecule has 34 heavy (non-hydrogen) atoms. The van der Waals surface area contributed by atoms with Gasteiger partial charge in [0.15, 0.2) is 0 Å². The maximum absolute atomic E-state index is 13.5. The third kappa shape index (κ3) is 4.50. The van der Waals surface area contributed by atoms with Gasteiger partial charge in [-0.15, -0.1) is 0 Å². The maximum atomic E-state index is 13.5. The van der Waals surface area contributed by atoms with Crippen LogP contribution in [-0.4, -0.2) is 36.9 Å². The lowest BCUT2D eigenvalue weighted by atomic mass is 10.00. The third-order valence-corrected chi connectivity index (χ3v) is 7.78. The van der Waals surface area contributed by atoms with E-state index in [-0.39, 0.29) is 18.4 Å². The van der Waals surface area contributed by atoms with Gasteiger partial charge in [0.2, 0.25) is 5.91 Å². The number of fused-ring (bicyclic) bond motifs is 2. The van der Waals surface area contributed by atoms with Crippen LogP contribution >= 0.6 is 27.7 Å². The van der Waals surface area contributed by atoms with Gasteiger partial charge in [-0.1, -0.05) is 54.2 Å². The van der Waals surface area contributed by atoms with Crippen molar-refractivity contribution in [1.29, 1.82) is 0 Å². The molecule has 0 spiro atoms. The molecule has 2 aliphatic heterocycles. The highest BCUT2D eigenvalue weighted by atomic mass is 79.9. The number of hydrogen-bond acceptors (Lipinski definition) is 4. The second-order valence-electron chi connectivity index (χ2n) is 8.20. The van der Waals surface area contributed by atoms with Crippen LogP contribution in [0.25, 0.3) is 6.08 Å². The van der Waals surface area contributed by atoms with Crippen LogP contribution in [0.4, 0.5) is 5.69 Å². The Hall–Kier alpha value is -3.03. The first-order valence-corrected chi connectivity index (χ1v) is 12.6. The summed E-state index contributed by atoms with van der Waals surface area (Å²) in [7, 11) is 1.62. The van der Waals surface area contributed by atoms with Crippen LogP contribution in [0.3, 0.4) is 0 Å². The zero-order valence-corrected chi connectivity index (χ0v) is 21.1. The SMILES string of the molecule is COc1ccc(/C=C2\Sc3ccccc3N(CC(=O)N3CCc4ccccc4C3)C2=O)cc1Br. The minimum absolute atomic E-state index is 0.0161. The molecular formula is C27H23BrN2O3S. The van der Waals surface area contributed by atoms with Crippen molar-refractivity contribution in [3.63, 3.8) is 0 Å². The van der Waals surface area contributed by atoms with Crippen LogP contribution in [-0.2, 0) is 22.6 Å². The summed E-state index contributed by atoms with van der Waals surface area (Å²) in [4.78, 5) is 31.8. The highest BCUT2D eigenvalue weighted by molar-refractivity contribution is 9.10. The molecule has 0 atom stereocenters. The summed E-state index contributed by atoms with van der Waals surface area (Å²) in [6.07, 6.45) is 2.70. The first-order chi connectivity index (χ1) is 16.5. The first-order valence-electron chi connectivity index (χ1n) is 11.0. The number of carbonyl (C=O) groups excluding carboxylic acids is 2. The standard InChI is InChI=1S/C27H23BrN2O3S/c1-33-23-11-10-18(14-21(23)28)15-25-27(32)30(22-8-4-5-9-24(22)34-25)17-26(31)29-13-12-19-6-2-3-7-20(19)16-29/h2-11,14-15H,12-13,16-17H2,1H3/b25-15-. The zero-order chi connectivity index (χ0) is 23.7. The smallest absolute Gasteiger partial charge is 0.265 e. The van der Waals surface area contributed by atoms with E-state index in [4.69, 9.17) is 4.74 Å². The predicted octanol–water partition coefficient (Wildman–Crippen LogP) is 5.52. The summed E-state index contributed by atoms with van der Waals surface area (Å²) in [6.45, 7) is 1.26. The Bertz CT molecular complexity index is 1310. The number of halogens is 1. The predicted molar refractivity (Wildman–Crippen MR) is 139 cm³/mol. The van der Waals surface area contributed by atoms with Crippen molar-refractivity contribution in [3.05, 3.63) is 92.8 Å². The van der Waals surface area contributed by atoms with Crippen LogP contribution in [0.2, 0.25) is 0 Å². The molecule has 3 aromatic carbocycles. The van der Waals surface area contributed by atoms with Gasteiger partial charge in [0.05, 0.1) is 22.2 Å². The fraction of sp³-hybridized carbons (Fsp3) is 0.185. The topological polar surface area (TPSA) is 49.9 Å². The Labute approximate surface area is 211 Å². The lowest BCUT2D eigenvalue weighted by Crippen LogP contribution is -2.45. The summed E-state index contributed by atoms with van der Waals surface area (Å²) in [5, 5.41) is 0. The van der Waals surface area contributed by atoms with E-state index >= 15 is 0 Å². The highest BCUT2D eigenvalue weighted by Gasteiger charge is 2.32. The fourth-order valence-corrected chi connectivity index (χ4v) is 5.90. The Morgan fingerprint density at radius 2 is 1.85 bits per heavy atom. The van der Waals surface area contributed by atoms with Gasteiger partial charge in [-0.05, 0) is 69.4 Å². The van der Waals surface area contributed by atoms with E-state index in [0.717, 1.165) is 32.8 Å². The van der Waals surface area contributed by atoms with Crippen molar-refractivity contribution < 1.29 is 14.3 Å². The van der Waals surface area contributed by atoms with E-state index in [1.807, 2.05) is 65.6 Å². The van der Waals surface area contributed by atoms with E-state index in [9.17, 15) is 9.59 Å². The Morgan fingerprint density at radius 1 is 1.09 bits per heavy atom. The number of amides is 2. The molecule has 0 fully saturated rings. The molecule has 0 bridgehead atoms. The number of para-hydroxylation sites is 1. The molecule has 5 nitrogen and oxygen atoms in total. The van der Waals surface area contributed by atoms with Gasteiger partial charge < -0.3 is 9.64 Å². The third-order valence-electron chi connectivity index (χ3n) is 6.08. The number of thioether (sulfide) groups is 1. The lowest BCUT2D eigenvalue weighted by Gasteiger charge is -2.34. The minimum atomic E-state index is -0.165. The molecule has 2 amide bonds. The first kappa shape index (κ1) is 22.7. The number of hydrogen-bond donors (Lipinski definition) is 0. The molecule has 7 heteroatoms. The molecule has 2 aliphatic rings. The van der Waals surface area contributed by atoms with E-state index in [0.29, 0.717) is 18.0 Å². The summed E-state index contributed by atoms with van der Waals surface area (Å²) < 4.78 is 6.12. The molecule has 0 aliphatic carbocycles. The molecule has 3 aromatic rings. The monoisotopic (exact) mass is 534 g/mol. The molecule has 0 saturated carbocycles. The minimum Gasteiger partial charge on any atom is -0.496 e. The van der Waals surface area contributed by atoms with Crippen molar-refractivity contribution in [1.82, 2.24) is 4.90 Å². The van der Waals surface area contributed by atoms with E-state index < -0.39 is 0 Å². The van der Waals surface area contributed by atoms with Gasteiger partial charge in [-0.25, -0.2) is 0 Å². The molecule has 0 saturated heterocycles. The second-order valence-corrected chi connectivity index (χ2v) is 10.1. The second kappa shape index (κ2) is 9.68. The van der Waals surface area contributed by atoms with Gasteiger partial charge >= 0.3 is 0 Å². The molecule has 0 radical (unpaired) electrons. The number of methoxy groups -OCH3 is 1. The molecule has 2 heterocycles. The summed E-state index contributed by atoms with van der Waals surface area (Å²) in [6, 6.07) is 21.6. The highest BCUT2D eigenvalue weighted by Crippen LogP contribution is 2.42. The van der Waals surface area contributed by atoms with Gasteiger partial charge in [-0.3, -0.25) is 14.5 Å². The Kier molecular flexibility index (Phi) is 6.48. The zero-order valence-electron chi connectivity index (χ0n) is 18.7. The van der Waals surface area contributed by atoms with Crippen molar-refractivity contribution in [2.75, 3.05) is 25.1 Å². The molecule has 5 rings (SSSR count). The summed E-state index contributed by atoms with van der Waals surface area (Å²) >= 11 is 4.94. The van der Waals surface area contributed by atoms with Crippen molar-refractivity contribution in [2.24, 2.45) is 0 Å². The van der Waals surface area contributed by atoms with Crippen LogP contribution in [0, 0.1) is 0 Å². The lowest BCUT2D eigenvalue weighted by molar-refractivity contribution is -0.131. The number of rotatable bonds is 4. The van der Waals surface area contributed by atoms with Gasteiger partial charge in [-0.2, -0.15) is 0 Å². The number of benzene rings is 3. The number of anilines is 1. The number of carbonyl (C=O) groups is 2. The van der Waals surface area contributed by atoms with Gasteiger partial charge in [0.25, 0.3) is 5.91 Å². The number of nitrogens with zero attached hydrogens (tertiary/aromatic N) is 2. The molecular weight excluding hydrogens is 512 g/mol. The number of ether oxygens (including phenoxy) is 1. The maximum Gasteiger partial charge on any atom is 0.265 e. The van der Waals surface area contributed by atoms with Crippen LogP contribution in [0.5, 0.6) is 5.75 Å². The average molecular weight is 535 g/mol.